The molecule has 4 aromatic rings. The van der Waals surface area contributed by atoms with Crippen LogP contribution in [-0.2, 0) is 11.2 Å². The van der Waals surface area contributed by atoms with Crippen LogP contribution in [0.1, 0.15) is 18.4 Å². The maximum atomic E-state index is 6.92. The van der Waals surface area contributed by atoms with E-state index in [0.29, 0.717) is 23.9 Å². The lowest BCUT2D eigenvalue weighted by atomic mass is 10.0. The number of pyridine rings is 2. The van der Waals surface area contributed by atoms with Gasteiger partial charge in [-0.2, -0.15) is 0 Å². The maximum Gasteiger partial charge on any atom is 0.165 e. The average Bonchev–Trinajstić information content (AvgIpc) is 3.49. The van der Waals surface area contributed by atoms with Crippen molar-refractivity contribution in [2.24, 2.45) is 5.92 Å². The Kier molecular flexibility index (Phi) is 4.19. The van der Waals surface area contributed by atoms with E-state index in [9.17, 15) is 0 Å². The summed E-state index contributed by atoms with van der Waals surface area (Å²) >= 11 is 10.5. The zero-order chi connectivity index (χ0) is 19.5. The number of nitrogens with zero attached hydrogens (tertiary/aromatic N) is 2. The molecule has 2 fully saturated rings. The van der Waals surface area contributed by atoms with Crippen molar-refractivity contribution in [3.8, 4) is 5.75 Å². The molecule has 1 saturated carbocycles. The first kappa shape index (κ1) is 17.9. The summed E-state index contributed by atoms with van der Waals surface area (Å²) in [7, 11) is 0. The molecule has 6 rings (SSSR count). The second kappa shape index (κ2) is 6.79. The lowest BCUT2D eigenvalue weighted by Crippen LogP contribution is -2.38. The smallest absolute Gasteiger partial charge is 0.165 e. The topological polar surface area (TPSA) is 44.2 Å². The molecule has 2 aromatic carbocycles. The first-order valence-corrected chi connectivity index (χ1v) is 11.1. The van der Waals surface area contributed by atoms with Crippen LogP contribution in [0.5, 0.6) is 5.75 Å². The van der Waals surface area contributed by atoms with E-state index in [4.69, 9.17) is 31.0 Å². The second-order valence-corrected chi connectivity index (χ2v) is 9.30. The van der Waals surface area contributed by atoms with Gasteiger partial charge in [0.25, 0.3) is 0 Å². The molecule has 3 heterocycles. The number of hydrogen-bond acceptors (Lipinski definition) is 4. The Labute approximate surface area is 181 Å². The van der Waals surface area contributed by atoms with Gasteiger partial charge in [0.1, 0.15) is 11.9 Å². The van der Waals surface area contributed by atoms with Crippen LogP contribution in [0.2, 0.25) is 5.02 Å². The molecule has 1 saturated heterocycles. The predicted molar refractivity (Wildman–Crippen MR) is 119 cm³/mol. The lowest BCUT2D eigenvalue weighted by molar-refractivity contribution is -0.0785. The zero-order valence-electron chi connectivity index (χ0n) is 15.6. The summed E-state index contributed by atoms with van der Waals surface area (Å²) < 4.78 is 12.7. The van der Waals surface area contributed by atoms with Crippen molar-refractivity contribution >= 4 is 60.4 Å². The van der Waals surface area contributed by atoms with E-state index in [1.165, 1.54) is 18.4 Å². The van der Waals surface area contributed by atoms with Crippen molar-refractivity contribution in [3.63, 3.8) is 0 Å². The molecule has 0 amide bonds. The SMILES string of the molecule is Clc1c2cc(Br)ccc2nc2nc3ccc(CC4CC4)cc3c(OC3COC3)c12. The van der Waals surface area contributed by atoms with Crippen LogP contribution < -0.4 is 4.74 Å². The Morgan fingerprint density at radius 2 is 1.79 bits per heavy atom. The van der Waals surface area contributed by atoms with Gasteiger partial charge in [0.15, 0.2) is 5.65 Å². The maximum absolute atomic E-state index is 6.92. The Morgan fingerprint density at radius 3 is 2.52 bits per heavy atom. The molecule has 0 N–H and O–H groups in total. The van der Waals surface area contributed by atoms with Crippen molar-refractivity contribution in [3.05, 3.63) is 51.5 Å². The van der Waals surface area contributed by atoms with Gasteiger partial charge in [-0.05, 0) is 61.1 Å². The molecule has 0 spiro atoms. The fourth-order valence-electron chi connectivity index (χ4n) is 3.93. The van der Waals surface area contributed by atoms with Gasteiger partial charge >= 0.3 is 0 Å². The Bertz CT molecular complexity index is 1280. The van der Waals surface area contributed by atoms with Gasteiger partial charge in [0.05, 0.1) is 34.7 Å². The third-order valence-electron chi connectivity index (χ3n) is 5.74. The Morgan fingerprint density at radius 1 is 1.03 bits per heavy atom. The summed E-state index contributed by atoms with van der Waals surface area (Å²) in [4.78, 5) is 9.63. The van der Waals surface area contributed by atoms with Gasteiger partial charge in [-0.25, -0.2) is 9.97 Å². The quantitative estimate of drug-likeness (QED) is 0.340. The summed E-state index contributed by atoms with van der Waals surface area (Å²) in [5.74, 6) is 1.59. The van der Waals surface area contributed by atoms with E-state index in [0.717, 1.165) is 49.8 Å². The van der Waals surface area contributed by atoms with E-state index in [2.05, 4.69) is 34.1 Å². The van der Waals surface area contributed by atoms with E-state index in [-0.39, 0.29) is 6.10 Å². The van der Waals surface area contributed by atoms with Crippen LogP contribution in [0.15, 0.2) is 40.9 Å². The number of fused-ring (bicyclic) bond motifs is 3. The first-order chi connectivity index (χ1) is 14.2. The van der Waals surface area contributed by atoms with Crippen molar-refractivity contribution in [1.82, 2.24) is 9.97 Å². The zero-order valence-corrected chi connectivity index (χ0v) is 18.0. The second-order valence-electron chi connectivity index (χ2n) is 8.00. The van der Waals surface area contributed by atoms with E-state index < -0.39 is 0 Å². The largest absolute Gasteiger partial charge is 0.484 e. The molecular weight excluding hydrogens is 452 g/mol. The fourth-order valence-corrected chi connectivity index (χ4v) is 4.61. The molecule has 0 atom stereocenters. The highest BCUT2D eigenvalue weighted by Gasteiger charge is 2.26. The van der Waals surface area contributed by atoms with Crippen molar-refractivity contribution < 1.29 is 9.47 Å². The summed E-state index contributed by atoms with van der Waals surface area (Å²) in [5, 5.41) is 3.29. The fraction of sp³-hybridized carbons (Fsp3) is 0.304. The summed E-state index contributed by atoms with van der Waals surface area (Å²) in [6.07, 6.45) is 3.79. The number of hydrogen-bond donors (Lipinski definition) is 0. The van der Waals surface area contributed by atoms with Gasteiger partial charge < -0.3 is 9.47 Å². The number of rotatable bonds is 4. The number of benzene rings is 2. The van der Waals surface area contributed by atoms with Crippen LogP contribution in [0, 0.1) is 5.92 Å². The van der Waals surface area contributed by atoms with Crippen molar-refractivity contribution in [1.29, 1.82) is 0 Å². The third-order valence-corrected chi connectivity index (χ3v) is 6.62. The molecule has 0 unspecified atom stereocenters. The normalized spacial score (nSPS) is 17.2. The van der Waals surface area contributed by atoms with Crippen LogP contribution in [0.4, 0.5) is 0 Å². The number of ether oxygens (including phenoxy) is 2. The molecular formula is C23H18BrClN2O2. The minimum atomic E-state index is 0.0326. The monoisotopic (exact) mass is 468 g/mol. The molecule has 1 aliphatic carbocycles. The predicted octanol–water partition coefficient (Wildman–Crippen LogP) is 6.08. The third kappa shape index (κ3) is 3.16. The van der Waals surface area contributed by atoms with Gasteiger partial charge in [0.2, 0.25) is 0 Å². The molecule has 2 aliphatic rings. The highest BCUT2D eigenvalue weighted by molar-refractivity contribution is 9.10. The Balaban J connectivity index is 1.65. The molecule has 0 bridgehead atoms. The minimum absolute atomic E-state index is 0.0326. The average molecular weight is 470 g/mol. The summed E-state index contributed by atoms with van der Waals surface area (Å²) in [6.45, 7) is 1.19. The number of aromatic nitrogens is 2. The molecule has 0 radical (unpaired) electrons. The molecule has 4 nitrogen and oxygen atoms in total. The minimum Gasteiger partial charge on any atom is -0.484 e. The lowest BCUT2D eigenvalue weighted by Gasteiger charge is -2.28. The van der Waals surface area contributed by atoms with Gasteiger partial charge in [-0.3, -0.25) is 0 Å². The van der Waals surface area contributed by atoms with Crippen LogP contribution >= 0.6 is 27.5 Å². The van der Waals surface area contributed by atoms with Crippen LogP contribution in [0.25, 0.3) is 32.8 Å². The van der Waals surface area contributed by atoms with E-state index in [1.54, 1.807) is 0 Å². The summed E-state index contributed by atoms with van der Waals surface area (Å²) in [6, 6.07) is 12.4. The van der Waals surface area contributed by atoms with Crippen LogP contribution in [-0.4, -0.2) is 29.3 Å². The van der Waals surface area contributed by atoms with Crippen LogP contribution in [0.3, 0.4) is 0 Å². The standard InChI is InChI=1S/C23H18BrClN2O2/c24-14-4-6-18-16(9-14)21(25)20-22(29-15-10-28-11-15)17-8-13(7-12-1-2-12)3-5-19(17)27-23(20)26-18/h3-6,8-9,12,15H,1-2,7,10-11H2. The van der Waals surface area contributed by atoms with Crippen molar-refractivity contribution in [2.75, 3.05) is 13.2 Å². The Hall–Kier alpha value is -1.95. The molecule has 29 heavy (non-hydrogen) atoms. The van der Waals surface area contributed by atoms with Gasteiger partial charge in [-0.15, -0.1) is 0 Å². The summed E-state index contributed by atoms with van der Waals surface area (Å²) in [5.41, 5.74) is 3.64. The molecule has 6 heteroatoms. The van der Waals surface area contributed by atoms with Gasteiger partial charge in [-0.1, -0.05) is 33.6 Å². The molecule has 146 valence electrons. The highest BCUT2D eigenvalue weighted by atomic mass is 79.9. The highest BCUT2D eigenvalue weighted by Crippen LogP contribution is 2.42. The van der Waals surface area contributed by atoms with Gasteiger partial charge in [0, 0.05) is 15.2 Å². The first-order valence-electron chi connectivity index (χ1n) is 9.91. The number of halogens is 2. The van der Waals surface area contributed by atoms with E-state index in [1.807, 2.05) is 18.2 Å². The molecule has 1 aliphatic heterocycles. The van der Waals surface area contributed by atoms with Crippen molar-refractivity contribution in [2.45, 2.75) is 25.4 Å². The van der Waals surface area contributed by atoms with E-state index >= 15 is 0 Å². The molecule has 2 aromatic heterocycles.